The molecule has 0 saturated carbocycles. The third-order valence-corrected chi connectivity index (χ3v) is 2.20. The number of nitrogens with zero attached hydrogens (tertiary/aromatic N) is 1. The zero-order valence-electron chi connectivity index (χ0n) is 10.4. The Bertz CT molecular complexity index is 391. The molecule has 0 bridgehead atoms. The van der Waals surface area contributed by atoms with Crippen LogP contribution in [0, 0.1) is 0 Å². The Labute approximate surface area is 101 Å². The van der Waals surface area contributed by atoms with Crippen LogP contribution in [0.1, 0.15) is 31.3 Å². The summed E-state index contributed by atoms with van der Waals surface area (Å²) in [6, 6.07) is 4.85. The van der Waals surface area contributed by atoms with Crippen molar-refractivity contribution in [3.05, 3.63) is 23.9 Å². The third kappa shape index (κ3) is 4.40. The van der Waals surface area contributed by atoms with E-state index in [0.717, 1.165) is 0 Å². The second kappa shape index (κ2) is 5.63. The number of aromatic carboxylic acids is 1. The van der Waals surface area contributed by atoms with Gasteiger partial charge in [-0.3, -0.25) is 0 Å². The Morgan fingerprint density at radius 1 is 1.53 bits per heavy atom. The topological polar surface area (TPSA) is 71.5 Å². The van der Waals surface area contributed by atoms with E-state index in [-0.39, 0.29) is 11.3 Å². The Balaban J connectivity index is 2.63. The monoisotopic (exact) mass is 238 g/mol. The average Bonchev–Trinajstić information content (AvgIpc) is 2.27. The highest BCUT2D eigenvalue weighted by molar-refractivity contribution is 5.85. The maximum Gasteiger partial charge on any atom is 0.354 e. The van der Waals surface area contributed by atoms with Crippen LogP contribution in [-0.4, -0.2) is 34.8 Å². The Hall–Kier alpha value is -1.62. The molecule has 1 aromatic rings. The van der Waals surface area contributed by atoms with Crippen LogP contribution in [-0.2, 0) is 4.74 Å². The molecule has 1 rings (SSSR count). The minimum Gasteiger partial charge on any atom is -0.477 e. The smallest absolute Gasteiger partial charge is 0.354 e. The van der Waals surface area contributed by atoms with E-state index >= 15 is 0 Å². The van der Waals surface area contributed by atoms with Crippen molar-refractivity contribution in [2.45, 2.75) is 26.4 Å². The molecule has 0 fully saturated rings. The summed E-state index contributed by atoms with van der Waals surface area (Å²) in [4.78, 5) is 14.7. The molecule has 2 N–H and O–H groups in total. The molecule has 5 heteroatoms. The SMILES string of the molecule is CCOC(C)(C)CNc1cccc(C(=O)O)n1. The van der Waals surface area contributed by atoms with Crippen molar-refractivity contribution in [2.75, 3.05) is 18.5 Å². The highest BCUT2D eigenvalue weighted by Crippen LogP contribution is 2.11. The van der Waals surface area contributed by atoms with Gasteiger partial charge >= 0.3 is 5.97 Å². The van der Waals surface area contributed by atoms with Crippen molar-refractivity contribution in [1.29, 1.82) is 0 Å². The van der Waals surface area contributed by atoms with Crippen LogP contribution in [0.3, 0.4) is 0 Å². The Morgan fingerprint density at radius 2 is 2.24 bits per heavy atom. The average molecular weight is 238 g/mol. The molecule has 0 unspecified atom stereocenters. The Kier molecular flexibility index (Phi) is 4.45. The second-order valence-corrected chi connectivity index (χ2v) is 4.26. The molecule has 0 aromatic carbocycles. The van der Waals surface area contributed by atoms with Crippen molar-refractivity contribution in [3.8, 4) is 0 Å². The first-order valence-electron chi connectivity index (χ1n) is 5.53. The first-order chi connectivity index (χ1) is 7.94. The molecule has 0 aliphatic heterocycles. The van der Waals surface area contributed by atoms with Crippen molar-refractivity contribution >= 4 is 11.8 Å². The van der Waals surface area contributed by atoms with Gasteiger partial charge < -0.3 is 15.2 Å². The van der Waals surface area contributed by atoms with Gasteiger partial charge in [-0.05, 0) is 32.9 Å². The van der Waals surface area contributed by atoms with Gasteiger partial charge in [0.2, 0.25) is 0 Å². The quantitative estimate of drug-likeness (QED) is 0.793. The number of carboxylic acids is 1. The fraction of sp³-hybridized carbons (Fsp3) is 0.500. The van der Waals surface area contributed by atoms with Gasteiger partial charge in [-0.25, -0.2) is 9.78 Å². The fourth-order valence-electron chi connectivity index (χ4n) is 1.40. The van der Waals surface area contributed by atoms with Crippen LogP contribution in [0.15, 0.2) is 18.2 Å². The van der Waals surface area contributed by atoms with Gasteiger partial charge in [0.25, 0.3) is 0 Å². The lowest BCUT2D eigenvalue weighted by Crippen LogP contribution is -2.33. The van der Waals surface area contributed by atoms with Crippen LogP contribution in [0.2, 0.25) is 0 Å². The van der Waals surface area contributed by atoms with E-state index in [9.17, 15) is 4.79 Å². The number of nitrogens with one attached hydrogen (secondary N) is 1. The summed E-state index contributed by atoms with van der Waals surface area (Å²) in [6.45, 7) is 7.06. The summed E-state index contributed by atoms with van der Waals surface area (Å²) in [7, 11) is 0. The minimum absolute atomic E-state index is 0.0317. The highest BCUT2D eigenvalue weighted by Gasteiger charge is 2.17. The number of rotatable bonds is 6. The highest BCUT2D eigenvalue weighted by atomic mass is 16.5. The molecule has 0 aliphatic rings. The standard InChI is InChI=1S/C12H18N2O3/c1-4-17-12(2,3)8-13-10-7-5-6-9(14-10)11(15)16/h5-7H,4,8H2,1-3H3,(H,13,14)(H,15,16). The van der Waals surface area contributed by atoms with E-state index in [1.54, 1.807) is 12.1 Å². The molecule has 0 amide bonds. The van der Waals surface area contributed by atoms with Gasteiger partial charge in [-0.2, -0.15) is 0 Å². The van der Waals surface area contributed by atoms with Crippen LogP contribution in [0.25, 0.3) is 0 Å². The Morgan fingerprint density at radius 3 is 2.82 bits per heavy atom. The summed E-state index contributed by atoms with van der Waals surface area (Å²) in [5, 5.41) is 11.9. The number of aromatic nitrogens is 1. The number of pyridine rings is 1. The van der Waals surface area contributed by atoms with Crippen LogP contribution in [0.5, 0.6) is 0 Å². The maximum absolute atomic E-state index is 10.7. The van der Waals surface area contributed by atoms with E-state index in [2.05, 4.69) is 10.3 Å². The van der Waals surface area contributed by atoms with Gasteiger partial charge in [0.05, 0.1) is 5.60 Å². The van der Waals surface area contributed by atoms with Crippen molar-refractivity contribution in [3.63, 3.8) is 0 Å². The number of hydrogen-bond acceptors (Lipinski definition) is 4. The van der Waals surface area contributed by atoms with E-state index in [1.165, 1.54) is 6.07 Å². The largest absolute Gasteiger partial charge is 0.477 e. The molecule has 94 valence electrons. The molecule has 5 nitrogen and oxygen atoms in total. The zero-order valence-corrected chi connectivity index (χ0v) is 10.4. The maximum atomic E-state index is 10.7. The van der Waals surface area contributed by atoms with Crippen LogP contribution in [0.4, 0.5) is 5.82 Å². The van der Waals surface area contributed by atoms with Crippen molar-refractivity contribution in [1.82, 2.24) is 4.98 Å². The summed E-state index contributed by atoms with van der Waals surface area (Å²) >= 11 is 0. The van der Waals surface area contributed by atoms with Gasteiger partial charge in [0, 0.05) is 13.2 Å². The number of carboxylic acid groups (broad SMARTS) is 1. The predicted octanol–water partition coefficient (Wildman–Crippen LogP) is 2.01. The fourth-order valence-corrected chi connectivity index (χ4v) is 1.40. The molecule has 0 saturated heterocycles. The molecule has 1 aromatic heterocycles. The van der Waals surface area contributed by atoms with E-state index in [0.29, 0.717) is 19.0 Å². The molecular formula is C12H18N2O3. The summed E-state index contributed by atoms with van der Waals surface area (Å²) in [5.41, 5.74) is -0.278. The van der Waals surface area contributed by atoms with Crippen LogP contribution >= 0.6 is 0 Å². The van der Waals surface area contributed by atoms with Gasteiger partial charge in [0.1, 0.15) is 5.82 Å². The number of ether oxygens (including phenoxy) is 1. The van der Waals surface area contributed by atoms with E-state index < -0.39 is 5.97 Å². The lowest BCUT2D eigenvalue weighted by molar-refractivity contribution is 0.000642. The first kappa shape index (κ1) is 13.4. The number of hydrogen-bond donors (Lipinski definition) is 2. The predicted molar refractivity (Wildman–Crippen MR) is 65.4 cm³/mol. The lowest BCUT2D eigenvalue weighted by atomic mass is 10.1. The normalized spacial score (nSPS) is 11.2. The molecule has 17 heavy (non-hydrogen) atoms. The lowest BCUT2D eigenvalue weighted by Gasteiger charge is -2.25. The molecule has 0 aliphatic carbocycles. The molecule has 0 spiro atoms. The number of carbonyl (C=O) groups is 1. The van der Waals surface area contributed by atoms with Crippen LogP contribution < -0.4 is 5.32 Å². The summed E-state index contributed by atoms with van der Waals surface area (Å²) in [6.07, 6.45) is 0. The van der Waals surface area contributed by atoms with E-state index in [4.69, 9.17) is 9.84 Å². The molecular weight excluding hydrogens is 220 g/mol. The zero-order chi connectivity index (χ0) is 12.9. The van der Waals surface area contributed by atoms with Gasteiger partial charge in [0.15, 0.2) is 5.69 Å². The molecule has 0 atom stereocenters. The molecule has 0 radical (unpaired) electrons. The number of anilines is 1. The minimum atomic E-state index is -1.03. The summed E-state index contributed by atoms with van der Waals surface area (Å²) in [5.74, 6) is -0.490. The third-order valence-electron chi connectivity index (χ3n) is 2.20. The van der Waals surface area contributed by atoms with Crippen molar-refractivity contribution in [2.24, 2.45) is 0 Å². The van der Waals surface area contributed by atoms with Gasteiger partial charge in [-0.1, -0.05) is 6.07 Å². The van der Waals surface area contributed by atoms with Gasteiger partial charge in [-0.15, -0.1) is 0 Å². The summed E-state index contributed by atoms with van der Waals surface area (Å²) < 4.78 is 5.52. The van der Waals surface area contributed by atoms with Crippen molar-refractivity contribution < 1.29 is 14.6 Å². The second-order valence-electron chi connectivity index (χ2n) is 4.26. The van der Waals surface area contributed by atoms with E-state index in [1.807, 2.05) is 20.8 Å². The first-order valence-corrected chi connectivity index (χ1v) is 5.53. The molecule has 1 heterocycles.